The number of aliphatic carboxylic acids is 1. The maximum Gasteiger partial charge on any atom is 0.320 e. The summed E-state index contributed by atoms with van der Waals surface area (Å²) < 4.78 is 12.1. The number of phenols is 1. The van der Waals surface area contributed by atoms with E-state index in [9.17, 15) is 15.0 Å². The predicted octanol–water partition coefficient (Wildman–Crippen LogP) is 1.90. The number of nitrogens with one attached hydrogen (secondary N) is 1. The number of rotatable bonds is 6. The van der Waals surface area contributed by atoms with Crippen molar-refractivity contribution in [1.82, 2.24) is 10.2 Å². The molecule has 0 radical (unpaired) electrons. The second kappa shape index (κ2) is 6.83. The van der Waals surface area contributed by atoms with Crippen LogP contribution in [0.4, 0.5) is 0 Å². The zero-order valence-electron chi connectivity index (χ0n) is 18.2. The second-order valence-electron chi connectivity index (χ2n) is 10.3. The first-order valence-corrected chi connectivity index (χ1v) is 11.7. The number of piperidine rings is 1. The van der Waals surface area contributed by atoms with Crippen LogP contribution in [0, 0.1) is 11.8 Å². The summed E-state index contributed by atoms with van der Waals surface area (Å²) in [4.78, 5) is 14.2. The third-order valence-corrected chi connectivity index (χ3v) is 8.90. The van der Waals surface area contributed by atoms with Crippen LogP contribution in [0.15, 0.2) is 12.1 Å². The fourth-order valence-corrected chi connectivity index (χ4v) is 7.42. The van der Waals surface area contributed by atoms with Gasteiger partial charge in [-0.1, -0.05) is 6.07 Å². The van der Waals surface area contributed by atoms with Crippen molar-refractivity contribution in [3.8, 4) is 11.5 Å². The molecule has 1 saturated heterocycles. The molecule has 3 aliphatic carbocycles. The van der Waals surface area contributed by atoms with E-state index < -0.39 is 12.0 Å². The van der Waals surface area contributed by atoms with E-state index in [-0.39, 0.29) is 23.3 Å². The van der Waals surface area contributed by atoms with E-state index in [1.165, 1.54) is 11.1 Å². The molecule has 2 unspecified atom stereocenters. The Kier molecular flexibility index (Phi) is 4.37. The molecule has 7 heteroatoms. The van der Waals surface area contributed by atoms with Crippen LogP contribution in [0.2, 0.25) is 0 Å². The quantitative estimate of drug-likeness (QED) is 0.637. The Morgan fingerprint density at radius 2 is 2.26 bits per heavy atom. The van der Waals surface area contributed by atoms with Crippen LogP contribution in [-0.4, -0.2) is 71.6 Å². The number of phenolic OH excluding ortho intramolecular Hbond substituents is 1. The zero-order chi connectivity index (χ0) is 21.5. The average molecular weight is 429 g/mol. The highest BCUT2D eigenvalue weighted by atomic mass is 16.5. The number of hydrogen-bond donors (Lipinski definition) is 3. The van der Waals surface area contributed by atoms with E-state index in [1.54, 1.807) is 13.0 Å². The first-order valence-electron chi connectivity index (χ1n) is 11.7. The van der Waals surface area contributed by atoms with Gasteiger partial charge in [-0.25, -0.2) is 0 Å². The third kappa shape index (κ3) is 2.72. The van der Waals surface area contributed by atoms with Gasteiger partial charge in [0.25, 0.3) is 0 Å². The minimum absolute atomic E-state index is 0.0337. The summed E-state index contributed by atoms with van der Waals surface area (Å²) in [6.07, 6.45) is 5.38. The van der Waals surface area contributed by atoms with Crippen molar-refractivity contribution in [2.24, 2.45) is 11.8 Å². The average Bonchev–Trinajstić information content (AvgIpc) is 3.41. The first kappa shape index (κ1) is 19.8. The maximum atomic E-state index is 11.5. The van der Waals surface area contributed by atoms with E-state index in [1.807, 2.05) is 7.11 Å². The number of benzene rings is 1. The van der Waals surface area contributed by atoms with Crippen LogP contribution in [0.25, 0.3) is 0 Å². The van der Waals surface area contributed by atoms with Crippen LogP contribution in [0.1, 0.15) is 43.7 Å². The Morgan fingerprint density at radius 1 is 1.42 bits per heavy atom. The summed E-state index contributed by atoms with van der Waals surface area (Å²) in [6, 6.07) is 3.67. The lowest BCUT2D eigenvalue weighted by atomic mass is 9.51. The molecule has 3 fully saturated rings. The van der Waals surface area contributed by atoms with E-state index in [2.05, 4.69) is 16.3 Å². The first-order chi connectivity index (χ1) is 14.9. The predicted molar refractivity (Wildman–Crippen MR) is 114 cm³/mol. The molecule has 2 saturated carbocycles. The van der Waals surface area contributed by atoms with Gasteiger partial charge in [0.15, 0.2) is 11.5 Å². The number of ether oxygens (including phenoxy) is 2. The van der Waals surface area contributed by atoms with Gasteiger partial charge in [0.05, 0.1) is 6.10 Å². The van der Waals surface area contributed by atoms with Crippen molar-refractivity contribution in [1.29, 1.82) is 0 Å². The van der Waals surface area contributed by atoms with Crippen molar-refractivity contribution in [3.05, 3.63) is 23.3 Å². The standard InChI is InChI=1S/C24H32N2O5/c1-12(23(28)29)25-16-5-4-15-17-9-13-3-6-18(27)21-20(13)24(15,22(16)31-21)7-8-26(17)11-14-10-19(14)30-2/h3,6,12,14-17,19,22,25,27H,4-5,7-11H2,1-2H3,(H,28,29)/t12-,14?,15-,16-,17+,19?,22-,24-/m0/s1. The van der Waals surface area contributed by atoms with Gasteiger partial charge in [0, 0.05) is 42.6 Å². The molecule has 168 valence electrons. The highest BCUT2D eigenvalue weighted by Gasteiger charge is 2.66. The molecule has 0 aromatic heterocycles. The Bertz CT molecular complexity index is 921. The second-order valence-corrected chi connectivity index (χ2v) is 10.3. The maximum absolute atomic E-state index is 11.5. The van der Waals surface area contributed by atoms with Crippen LogP contribution >= 0.6 is 0 Å². The fraction of sp³-hybridized carbons (Fsp3) is 0.708. The number of carbonyl (C=O) groups is 1. The molecule has 2 bridgehead atoms. The number of methoxy groups -OCH3 is 1. The number of carboxylic acids is 1. The fourth-order valence-electron chi connectivity index (χ4n) is 7.42. The molecule has 3 N–H and O–H groups in total. The van der Waals surface area contributed by atoms with E-state index in [0.717, 1.165) is 45.2 Å². The molecule has 1 aromatic carbocycles. The Hall–Kier alpha value is -1.83. The smallest absolute Gasteiger partial charge is 0.320 e. The zero-order valence-corrected chi connectivity index (χ0v) is 18.2. The van der Waals surface area contributed by atoms with Crippen molar-refractivity contribution in [2.45, 2.75) is 74.8 Å². The summed E-state index contributed by atoms with van der Waals surface area (Å²) >= 11 is 0. The molecule has 1 spiro atoms. The van der Waals surface area contributed by atoms with E-state index >= 15 is 0 Å². The number of hydrogen-bond acceptors (Lipinski definition) is 6. The Labute approximate surface area is 182 Å². The molecule has 6 rings (SSSR count). The molecular formula is C24H32N2O5. The van der Waals surface area contributed by atoms with Gasteiger partial charge in [-0.2, -0.15) is 0 Å². The van der Waals surface area contributed by atoms with Gasteiger partial charge < -0.3 is 19.7 Å². The summed E-state index contributed by atoms with van der Waals surface area (Å²) in [7, 11) is 1.81. The summed E-state index contributed by atoms with van der Waals surface area (Å²) in [5.41, 5.74) is 2.38. The van der Waals surface area contributed by atoms with Crippen molar-refractivity contribution >= 4 is 5.97 Å². The Morgan fingerprint density at radius 3 is 3.00 bits per heavy atom. The van der Waals surface area contributed by atoms with Crippen LogP contribution in [0.5, 0.6) is 11.5 Å². The minimum Gasteiger partial charge on any atom is -0.504 e. The molecule has 7 nitrogen and oxygen atoms in total. The van der Waals surface area contributed by atoms with Gasteiger partial charge in [-0.15, -0.1) is 0 Å². The summed E-state index contributed by atoms with van der Waals surface area (Å²) in [6.45, 7) is 3.81. The number of carboxylic acid groups (broad SMARTS) is 1. The SMILES string of the molecule is COC1CC1CN1CC[C@]23c4c5ccc(O)c4O[C@H]2[C@@H](N[C@@H](C)C(=O)O)CC[C@H]3[C@H]1C5. The molecule has 2 aliphatic heterocycles. The monoisotopic (exact) mass is 428 g/mol. The van der Waals surface area contributed by atoms with Gasteiger partial charge in [-0.05, 0) is 63.1 Å². The van der Waals surface area contributed by atoms with Crippen LogP contribution < -0.4 is 10.1 Å². The molecule has 0 amide bonds. The lowest BCUT2D eigenvalue weighted by Gasteiger charge is -2.60. The number of nitrogens with zero attached hydrogens (tertiary/aromatic N) is 1. The lowest BCUT2D eigenvalue weighted by molar-refractivity contribution is -0.140. The van der Waals surface area contributed by atoms with E-state index in [4.69, 9.17) is 9.47 Å². The van der Waals surface area contributed by atoms with E-state index in [0.29, 0.717) is 29.7 Å². The van der Waals surface area contributed by atoms with Crippen LogP contribution in [-0.2, 0) is 21.4 Å². The molecule has 8 atom stereocenters. The molecule has 5 aliphatic rings. The lowest BCUT2D eigenvalue weighted by Crippen LogP contribution is -2.69. The van der Waals surface area contributed by atoms with Gasteiger partial charge in [0.2, 0.25) is 0 Å². The van der Waals surface area contributed by atoms with Crippen molar-refractivity contribution in [2.75, 3.05) is 20.2 Å². The van der Waals surface area contributed by atoms with Gasteiger partial charge >= 0.3 is 5.97 Å². The molecular weight excluding hydrogens is 396 g/mol. The molecule has 2 heterocycles. The van der Waals surface area contributed by atoms with Gasteiger partial charge in [-0.3, -0.25) is 15.0 Å². The van der Waals surface area contributed by atoms with Crippen molar-refractivity contribution in [3.63, 3.8) is 0 Å². The largest absolute Gasteiger partial charge is 0.504 e. The molecule has 31 heavy (non-hydrogen) atoms. The summed E-state index contributed by atoms with van der Waals surface area (Å²) in [5, 5.41) is 23.4. The highest BCUT2D eigenvalue weighted by Crippen LogP contribution is 2.64. The Balaban J connectivity index is 1.37. The third-order valence-electron chi connectivity index (χ3n) is 8.90. The topological polar surface area (TPSA) is 91.3 Å². The normalized spacial score (nSPS) is 40.7. The van der Waals surface area contributed by atoms with Crippen molar-refractivity contribution < 1.29 is 24.5 Å². The summed E-state index contributed by atoms with van der Waals surface area (Å²) in [5.74, 6) is 1.14. The highest BCUT2D eigenvalue weighted by molar-refractivity contribution is 5.73. The minimum atomic E-state index is -0.841. The molecule has 1 aromatic rings. The van der Waals surface area contributed by atoms with Gasteiger partial charge in [0.1, 0.15) is 12.1 Å². The van der Waals surface area contributed by atoms with Crippen LogP contribution in [0.3, 0.4) is 0 Å². The number of likely N-dealkylation sites (tertiary alicyclic amines) is 1. The number of aromatic hydroxyl groups is 1.